The van der Waals surface area contributed by atoms with E-state index < -0.39 is 6.10 Å². The smallest absolute Gasteiger partial charge is 0.180 e. The van der Waals surface area contributed by atoms with Crippen LogP contribution < -0.4 is 14.8 Å². The Balaban J connectivity index is 1.62. The highest BCUT2D eigenvalue weighted by molar-refractivity contribution is 6.32. The molecule has 0 spiro atoms. The lowest BCUT2D eigenvalue weighted by Gasteiger charge is -2.16. The Morgan fingerprint density at radius 3 is 2.41 bits per heavy atom. The molecule has 3 aromatic carbocycles. The molecule has 0 heterocycles. The summed E-state index contributed by atoms with van der Waals surface area (Å²) in [6.07, 6.45) is -0.577. The molecular formula is C23H23Cl2NO3. The van der Waals surface area contributed by atoms with E-state index in [1.807, 2.05) is 66.7 Å². The third-order valence-corrected chi connectivity index (χ3v) is 5.12. The predicted molar refractivity (Wildman–Crippen MR) is 117 cm³/mol. The Bertz CT molecular complexity index is 935. The standard InChI is InChI=1S/C23H23Cl2NO3/c1-28-22-12-16(13-26-14-21(27)17-7-3-2-4-8-17)11-20(25)23(22)29-15-18-9-5-6-10-19(18)24/h2-12,21,26-27H,13-15H2,1H3. The van der Waals surface area contributed by atoms with Gasteiger partial charge in [0.1, 0.15) is 6.61 Å². The van der Waals surface area contributed by atoms with Crippen LogP contribution in [0.5, 0.6) is 11.5 Å². The lowest BCUT2D eigenvalue weighted by atomic mass is 10.1. The second-order valence-electron chi connectivity index (χ2n) is 6.55. The van der Waals surface area contributed by atoms with Crippen molar-refractivity contribution in [1.29, 1.82) is 0 Å². The normalized spacial score (nSPS) is 11.9. The number of nitrogens with one attached hydrogen (secondary N) is 1. The van der Waals surface area contributed by atoms with Gasteiger partial charge < -0.3 is 19.9 Å². The molecule has 0 bridgehead atoms. The van der Waals surface area contributed by atoms with Crippen LogP contribution in [-0.2, 0) is 13.2 Å². The van der Waals surface area contributed by atoms with Gasteiger partial charge in [-0.1, -0.05) is 71.7 Å². The van der Waals surface area contributed by atoms with Gasteiger partial charge in [-0.15, -0.1) is 0 Å². The SMILES string of the molecule is COc1cc(CNCC(O)c2ccccc2)cc(Cl)c1OCc1ccccc1Cl. The average molecular weight is 432 g/mol. The van der Waals surface area contributed by atoms with Crippen molar-refractivity contribution < 1.29 is 14.6 Å². The summed E-state index contributed by atoms with van der Waals surface area (Å²) in [5.41, 5.74) is 2.67. The lowest BCUT2D eigenvalue weighted by molar-refractivity contribution is 0.174. The van der Waals surface area contributed by atoms with Crippen molar-refractivity contribution in [2.24, 2.45) is 0 Å². The first-order valence-corrected chi connectivity index (χ1v) is 10.0. The Morgan fingerprint density at radius 1 is 0.966 bits per heavy atom. The maximum absolute atomic E-state index is 10.3. The first-order valence-electron chi connectivity index (χ1n) is 9.25. The molecule has 0 aromatic heterocycles. The fraction of sp³-hybridized carbons (Fsp3) is 0.217. The quantitative estimate of drug-likeness (QED) is 0.475. The van der Waals surface area contributed by atoms with Gasteiger partial charge >= 0.3 is 0 Å². The van der Waals surface area contributed by atoms with Gasteiger partial charge in [0.2, 0.25) is 0 Å². The summed E-state index contributed by atoms with van der Waals surface area (Å²) in [7, 11) is 1.57. The number of hydrogen-bond donors (Lipinski definition) is 2. The summed E-state index contributed by atoms with van der Waals surface area (Å²) >= 11 is 12.6. The van der Waals surface area contributed by atoms with Crippen molar-refractivity contribution >= 4 is 23.2 Å². The average Bonchev–Trinajstić information content (AvgIpc) is 2.74. The number of rotatable bonds is 9. The Labute approximate surface area is 181 Å². The molecule has 0 radical (unpaired) electrons. The molecule has 0 saturated carbocycles. The zero-order chi connectivity index (χ0) is 20.6. The summed E-state index contributed by atoms with van der Waals surface area (Å²) in [6.45, 7) is 1.25. The van der Waals surface area contributed by atoms with E-state index in [4.69, 9.17) is 32.7 Å². The Kier molecular flexibility index (Phi) is 7.78. The number of ether oxygens (including phenoxy) is 2. The van der Waals surface area contributed by atoms with Crippen LogP contribution in [0, 0.1) is 0 Å². The van der Waals surface area contributed by atoms with E-state index in [0.29, 0.717) is 34.6 Å². The van der Waals surface area contributed by atoms with Crippen LogP contribution in [0.3, 0.4) is 0 Å². The number of aliphatic hydroxyl groups excluding tert-OH is 1. The first-order chi connectivity index (χ1) is 14.1. The minimum atomic E-state index is -0.577. The summed E-state index contributed by atoms with van der Waals surface area (Å²) in [5, 5.41) is 14.6. The number of methoxy groups -OCH3 is 1. The molecule has 6 heteroatoms. The molecule has 3 rings (SSSR count). The highest BCUT2D eigenvalue weighted by atomic mass is 35.5. The third kappa shape index (κ3) is 5.87. The molecule has 3 aromatic rings. The van der Waals surface area contributed by atoms with E-state index >= 15 is 0 Å². The second kappa shape index (κ2) is 10.5. The van der Waals surface area contributed by atoms with Gasteiger partial charge in [-0.05, 0) is 29.3 Å². The predicted octanol–water partition coefficient (Wildman–Crippen LogP) is 5.40. The Hall–Kier alpha value is -2.24. The van der Waals surface area contributed by atoms with Gasteiger partial charge in [0, 0.05) is 23.7 Å². The van der Waals surface area contributed by atoms with E-state index in [0.717, 1.165) is 16.7 Å². The highest BCUT2D eigenvalue weighted by Crippen LogP contribution is 2.37. The molecule has 0 aliphatic heterocycles. The molecule has 0 aliphatic rings. The fourth-order valence-electron chi connectivity index (χ4n) is 2.93. The molecule has 4 nitrogen and oxygen atoms in total. The fourth-order valence-corrected chi connectivity index (χ4v) is 3.41. The van der Waals surface area contributed by atoms with Crippen molar-refractivity contribution in [2.45, 2.75) is 19.3 Å². The van der Waals surface area contributed by atoms with Gasteiger partial charge in [-0.25, -0.2) is 0 Å². The van der Waals surface area contributed by atoms with E-state index in [9.17, 15) is 5.11 Å². The monoisotopic (exact) mass is 431 g/mol. The van der Waals surface area contributed by atoms with Gasteiger partial charge in [-0.2, -0.15) is 0 Å². The molecule has 0 amide bonds. The minimum Gasteiger partial charge on any atom is -0.493 e. The van der Waals surface area contributed by atoms with Gasteiger partial charge in [0.05, 0.1) is 18.2 Å². The Morgan fingerprint density at radius 2 is 1.69 bits per heavy atom. The first kappa shape index (κ1) is 21.5. The third-order valence-electron chi connectivity index (χ3n) is 4.47. The molecule has 152 valence electrons. The maximum atomic E-state index is 10.3. The highest BCUT2D eigenvalue weighted by Gasteiger charge is 2.14. The van der Waals surface area contributed by atoms with E-state index in [-0.39, 0.29) is 6.61 Å². The van der Waals surface area contributed by atoms with Gasteiger partial charge in [-0.3, -0.25) is 0 Å². The van der Waals surface area contributed by atoms with E-state index in [1.54, 1.807) is 7.11 Å². The maximum Gasteiger partial charge on any atom is 0.180 e. The van der Waals surface area contributed by atoms with Crippen molar-refractivity contribution in [3.63, 3.8) is 0 Å². The zero-order valence-electron chi connectivity index (χ0n) is 16.1. The number of halogens is 2. The molecule has 0 aliphatic carbocycles. The zero-order valence-corrected chi connectivity index (χ0v) is 17.6. The summed E-state index contributed by atoms with van der Waals surface area (Å²) in [5.74, 6) is 1.02. The van der Waals surface area contributed by atoms with Gasteiger partial charge in [0.25, 0.3) is 0 Å². The van der Waals surface area contributed by atoms with Crippen molar-refractivity contribution in [2.75, 3.05) is 13.7 Å². The van der Waals surface area contributed by atoms with Crippen molar-refractivity contribution in [3.8, 4) is 11.5 Å². The molecule has 29 heavy (non-hydrogen) atoms. The molecule has 0 saturated heterocycles. The topological polar surface area (TPSA) is 50.7 Å². The van der Waals surface area contributed by atoms with Crippen LogP contribution in [0.1, 0.15) is 22.8 Å². The van der Waals surface area contributed by atoms with Crippen LogP contribution in [0.25, 0.3) is 0 Å². The van der Waals surface area contributed by atoms with Crippen LogP contribution in [0.15, 0.2) is 66.7 Å². The molecule has 0 fully saturated rings. The van der Waals surface area contributed by atoms with Crippen LogP contribution in [0.4, 0.5) is 0 Å². The number of benzene rings is 3. The molecular weight excluding hydrogens is 409 g/mol. The molecule has 1 atom stereocenters. The van der Waals surface area contributed by atoms with Crippen molar-refractivity contribution in [1.82, 2.24) is 5.32 Å². The largest absolute Gasteiger partial charge is 0.493 e. The summed E-state index contributed by atoms with van der Waals surface area (Å²) < 4.78 is 11.3. The second-order valence-corrected chi connectivity index (χ2v) is 7.36. The van der Waals surface area contributed by atoms with E-state index in [1.165, 1.54) is 0 Å². The molecule has 2 N–H and O–H groups in total. The summed E-state index contributed by atoms with van der Waals surface area (Å²) in [6, 6.07) is 20.7. The minimum absolute atomic E-state index is 0.288. The van der Waals surface area contributed by atoms with Gasteiger partial charge in [0.15, 0.2) is 11.5 Å². The van der Waals surface area contributed by atoms with Crippen molar-refractivity contribution in [3.05, 3.63) is 93.5 Å². The number of hydrogen-bond acceptors (Lipinski definition) is 4. The molecule has 1 unspecified atom stereocenters. The number of aliphatic hydroxyl groups is 1. The van der Waals surface area contributed by atoms with Crippen LogP contribution in [-0.4, -0.2) is 18.8 Å². The summed E-state index contributed by atoms with van der Waals surface area (Å²) in [4.78, 5) is 0. The van der Waals surface area contributed by atoms with Crippen LogP contribution >= 0.6 is 23.2 Å². The lowest BCUT2D eigenvalue weighted by Crippen LogP contribution is -2.21. The van der Waals surface area contributed by atoms with E-state index in [2.05, 4.69) is 5.32 Å². The van der Waals surface area contributed by atoms with Crippen LogP contribution in [0.2, 0.25) is 10.0 Å².